The number of carbonyl (C=O) groups excluding carboxylic acids is 2. The van der Waals surface area contributed by atoms with Crippen LogP contribution in [0.25, 0.3) is 10.2 Å². The van der Waals surface area contributed by atoms with Gasteiger partial charge in [0.1, 0.15) is 19.5 Å². The highest BCUT2D eigenvalue weighted by Crippen LogP contribution is 2.32. The number of thiazole rings is 1. The van der Waals surface area contributed by atoms with E-state index in [0.29, 0.717) is 26.3 Å². The minimum Gasteiger partial charge on any atom is -0.493 e. The Balaban J connectivity index is 1.35. The largest absolute Gasteiger partial charge is 0.493 e. The number of likely N-dealkylation sites (tertiary alicyclic amines) is 1. The zero-order valence-corrected chi connectivity index (χ0v) is 15.6. The molecule has 1 aromatic carbocycles. The molecule has 1 saturated heterocycles. The van der Waals surface area contributed by atoms with Crippen LogP contribution in [-0.2, 0) is 23.8 Å². The lowest BCUT2D eigenvalue weighted by Gasteiger charge is -2.31. The number of esters is 1. The minimum absolute atomic E-state index is 0.0000429. The van der Waals surface area contributed by atoms with E-state index in [0.717, 1.165) is 28.1 Å². The highest BCUT2D eigenvalue weighted by molar-refractivity contribution is 7.18. The van der Waals surface area contributed by atoms with Crippen molar-refractivity contribution >= 4 is 33.4 Å². The Hall–Kier alpha value is -2.61. The van der Waals surface area contributed by atoms with E-state index >= 15 is 0 Å². The van der Waals surface area contributed by atoms with Crippen LogP contribution in [0.3, 0.4) is 0 Å². The summed E-state index contributed by atoms with van der Waals surface area (Å²) >= 11 is 1.68. The first kappa shape index (κ1) is 17.8. The van der Waals surface area contributed by atoms with Gasteiger partial charge in [-0.1, -0.05) is 12.1 Å². The first-order valence-electron chi connectivity index (χ1n) is 8.95. The average Bonchev–Trinajstić information content (AvgIpc) is 3.17. The summed E-state index contributed by atoms with van der Waals surface area (Å²) in [6.45, 7) is 1.66. The molecule has 7 nitrogen and oxygen atoms in total. The zero-order valence-electron chi connectivity index (χ0n) is 14.8. The monoisotopic (exact) mass is 388 g/mol. The molecule has 142 valence electrons. The van der Waals surface area contributed by atoms with Crippen LogP contribution in [0.15, 0.2) is 36.3 Å². The van der Waals surface area contributed by atoms with Crippen molar-refractivity contribution in [1.82, 2.24) is 9.88 Å². The Morgan fingerprint density at radius 1 is 1.30 bits per heavy atom. The van der Waals surface area contributed by atoms with Crippen LogP contribution < -0.4 is 0 Å². The summed E-state index contributed by atoms with van der Waals surface area (Å²) in [4.78, 5) is 30.8. The lowest BCUT2D eigenvalue weighted by atomic mass is 9.99. The third-order valence-corrected chi connectivity index (χ3v) is 5.81. The summed E-state index contributed by atoms with van der Waals surface area (Å²) in [5, 5.41) is 1.06. The van der Waals surface area contributed by atoms with E-state index < -0.39 is 5.97 Å². The van der Waals surface area contributed by atoms with Gasteiger partial charge in [0.25, 0.3) is 5.91 Å². The lowest BCUT2D eigenvalue weighted by Crippen LogP contribution is -2.41. The van der Waals surface area contributed by atoms with Crippen molar-refractivity contribution < 1.29 is 23.8 Å². The van der Waals surface area contributed by atoms with Crippen molar-refractivity contribution in [2.75, 3.05) is 32.9 Å². The molecule has 0 radical (unpaired) electrons. The normalized spacial score (nSPS) is 19.8. The molecule has 2 aliphatic rings. The number of hydrogen-bond donors (Lipinski definition) is 0. The van der Waals surface area contributed by atoms with E-state index in [1.54, 1.807) is 16.2 Å². The Labute approximate surface area is 160 Å². The summed E-state index contributed by atoms with van der Waals surface area (Å²) < 4.78 is 16.4. The predicted octanol–water partition coefficient (Wildman–Crippen LogP) is 2.43. The van der Waals surface area contributed by atoms with Gasteiger partial charge in [-0.15, -0.1) is 11.3 Å². The average molecular weight is 388 g/mol. The van der Waals surface area contributed by atoms with Crippen LogP contribution in [0.2, 0.25) is 0 Å². The Kier molecular flexibility index (Phi) is 5.24. The number of hydrogen-bond acceptors (Lipinski definition) is 7. The summed E-state index contributed by atoms with van der Waals surface area (Å²) in [6, 6.07) is 8.05. The van der Waals surface area contributed by atoms with Gasteiger partial charge in [-0.05, 0) is 25.0 Å². The van der Waals surface area contributed by atoms with Gasteiger partial charge in [0, 0.05) is 19.0 Å². The first-order valence-corrected chi connectivity index (χ1v) is 9.77. The number of benzene rings is 1. The molecule has 2 aromatic rings. The molecular formula is C19H20N2O5S. The van der Waals surface area contributed by atoms with Crippen molar-refractivity contribution in [3.05, 3.63) is 41.3 Å². The second kappa shape index (κ2) is 7.96. The third-order valence-electron chi connectivity index (χ3n) is 4.61. The van der Waals surface area contributed by atoms with Gasteiger partial charge in [-0.3, -0.25) is 4.79 Å². The molecule has 0 saturated carbocycles. The maximum Gasteiger partial charge on any atom is 0.377 e. The van der Waals surface area contributed by atoms with E-state index in [9.17, 15) is 9.59 Å². The van der Waals surface area contributed by atoms with Crippen molar-refractivity contribution in [3.63, 3.8) is 0 Å². The summed E-state index contributed by atoms with van der Waals surface area (Å²) in [7, 11) is 0. The van der Waals surface area contributed by atoms with E-state index in [-0.39, 0.29) is 24.2 Å². The van der Waals surface area contributed by atoms with Crippen LogP contribution in [0.4, 0.5) is 0 Å². The molecule has 0 unspecified atom stereocenters. The number of ether oxygens (including phenoxy) is 3. The molecule has 27 heavy (non-hydrogen) atoms. The van der Waals surface area contributed by atoms with Gasteiger partial charge in [0.15, 0.2) is 6.61 Å². The van der Waals surface area contributed by atoms with Gasteiger partial charge < -0.3 is 19.1 Å². The van der Waals surface area contributed by atoms with Crippen molar-refractivity contribution in [2.45, 2.75) is 18.8 Å². The fourth-order valence-electron chi connectivity index (χ4n) is 3.23. The number of carbonyl (C=O) groups is 2. The quantitative estimate of drug-likeness (QED) is 0.749. The highest BCUT2D eigenvalue weighted by Gasteiger charge is 2.28. The topological polar surface area (TPSA) is 78.0 Å². The third kappa shape index (κ3) is 4.05. The number of piperidine rings is 1. The van der Waals surface area contributed by atoms with Gasteiger partial charge >= 0.3 is 5.97 Å². The maximum absolute atomic E-state index is 12.5. The molecule has 1 amide bonds. The molecule has 8 heteroatoms. The molecule has 1 atom stereocenters. The molecule has 0 aliphatic carbocycles. The molecule has 1 fully saturated rings. The van der Waals surface area contributed by atoms with Crippen LogP contribution in [0.1, 0.15) is 23.8 Å². The maximum atomic E-state index is 12.5. The molecule has 1 aromatic heterocycles. The van der Waals surface area contributed by atoms with Crippen LogP contribution in [-0.4, -0.2) is 54.7 Å². The first-order chi connectivity index (χ1) is 13.2. The molecule has 0 spiro atoms. The highest BCUT2D eigenvalue weighted by atomic mass is 32.1. The van der Waals surface area contributed by atoms with Crippen LogP contribution in [0, 0.1) is 0 Å². The second-order valence-electron chi connectivity index (χ2n) is 6.48. The van der Waals surface area contributed by atoms with Crippen LogP contribution >= 0.6 is 11.3 Å². The summed E-state index contributed by atoms with van der Waals surface area (Å²) in [5.74, 6) is -0.664. The molecule has 3 heterocycles. The SMILES string of the molecule is O=C(OCC(=O)N1CCC[C@@H](c2nc3ccccc3s2)C1)C1=COCCO1. The predicted molar refractivity (Wildman–Crippen MR) is 99.1 cm³/mol. The standard InChI is InChI=1S/C19H20N2O5S/c22-17(12-26-19(23)15-11-24-8-9-25-15)21-7-3-4-13(10-21)18-20-14-5-1-2-6-16(14)27-18/h1-2,5-6,11,13H,3-4,7-10,12H2/t13-/m1/s1. The molecule has 0 bridgehead atoms. The number of nitrogens with zero attached hydrogens (tertiary/aromatic N) is 2. The number of rotatable bonds is 4. The van der Waals surface area contributed by atoms with Gasteiger partial charge in [0.05, 0.1) is 15.2 Å². The molecular weight excluding hydrogens is 368 g/mol. The summed E-state index contributed by atoms with van der Waals surface area (Å²) in [5.41, 5.74) is 0.998. The number of aromatic nitrogens is 1. The Morgan fingerprint density at radius 3 is 3.00 bits per heavy atom. The molecule has 4 rings (SSSR count). The van der Waals surface area contributed by atoms with E-state index in [1.807, 2.05) is 18.2 Å². The fourth-order valence-corrected chi connectivity index (χ4v) is 4.33. The van der Waals surface area contributed by atoms with E-state index in [1.165, 1.54) is 6.26 Å². The van der Waals surface area contributed by atoms with Gasteiger partial charge in [-0.25, -0.2) is 9.78 Å². The van der Waals surface area contributed by atoms with Crippen LogP contribution in [0.5, 0.6) is 0 Å². The van der Waals surface area contributed by atoms with Gasteiger partial charge in [-0.2, -0.15) is 0 Å². The molecule has 0 N–H and O–H groups in total. The summed E-state index contributed by atoms with van der Waals surface area (Å²) in [6.07, 6.45) is 3.13. The number of para-hydroxylation sites is 1. The van der Waals surface area contributed by atoms with Crippen molar-refractivity contribution in [3.8, 4) is 0 Å². The zero-order chi connectivity index (χ0) is 18.6. The van der Waals surface area contributed by atoms with E-state index in [4.69, 9.17) is 19.2 Å². The fraction of sp³-hybridized carbons (Fsp3) is 0.421. The minimum atomic E-state index is -0.678. The number of amides is 1. The van der Waals surface area contributed by atoms with Crippen molar-refractivity contribution in [1.29, 1.82) is 0 Å². The van der Waals surface area contributed by atoms with Crippen molar-refractivity contribution in [2.24, 2.45) is 0 Å². The smallest absolute Gasteiger partial charge is 0.377 e. The second-order valence-corrected chi connectivity index (χ2v) is 7.54. The number of fused-ring (bicyclic) bond motifs is 1. The van der Waals surface area contributed by atoms with Gasteiger partial charge in [0.2, 0.25) is 5.76 Å². The Bertz CT molecular complexity index is 845. The van der Waals surface area contributed by atoms with E-state index in [2.05, 4.69) is 6.07 Å². The lowest BCUT2D eigenvalue weighted by molar-refractivity contribution is -0.153. The Morgan fingerprint density at radius 2 is 2.19 bits per heavy atom. The molecule has 2 aliphatic heterocycles.